The SMILES string of the molecule is CN1C(=O)C(NC(=O)n2cc(Cc3ccccc3)cn2)COc2ccc(C#CC(C)(C)O)cc21. The number of nitrogens with zero attached hydrogens (tertiary/aromatic N) is 3. The first-order chi connectivity index (χ1) is 16.2. The highest BCUT2D eigenvalue weighted by Gasteiger charge is 2.31. The van der Waals surface area contributed by atoms with Crippen LogP contribution in [-0.2, 0) is 11.2 Å². The van der Waals surface area contributed by atoms with Crippen LogP contribution in [0.15, 0.2) is 60.9 Å². The molecular weight excluding hydrogens is 432 g/mol. The summed E-state index contributed by atoms with van der Waals surface area (Å²) in [6.07, 6.45) is 3.93. The van der Waals surface area contributed by atoms with Gasteiger partial charge in [0.25, 0.3) is 5.91 Å². The molecule has 1 aromatic heterocycles. The Labute approximate surface area is 198 Å². The molecule has 1 aliphatic heterocycles. The van der Waals surface area contributed by atoms with Gasteiger partial charge in [0.1, 0.15) is 24.0 Å². The molecule has 0 saturated carbocycles. The van der Waals surface area contributed by atoms with Gasteiger partial charge < -0.3 is 20.1 Å². The van der Waals surface area contributed by atoms with Crippen LogP contribution >= 0.6 is 0 Å². The van der Waals surface area contributed by atoms with Gasteiger partial charge in [0.15, 0.2) is 0 Å². The van der Waals surface area contributed by atoms with Crippen LogP contribution in [-0.4, -0.2) is 52.1 Å². The number of carbonyl (C=O) groups excluding carboxylic acids is 2. The van der Waals surface area contributed by atoms with Gasteiger partial charge in [-0.3, -0.25) is 4.79 Å². The number of hydrogen-bond donors (Lipinski definition) is 2. The van der Waals surface area contributed by atoms with Gasteiger partial charge in [0, 0.05) is 25.2 Å². The summed E-state index contributed by atoms with van der Waals surface area (Å²) in [6, 6.07) is 13.7. The molecule has 2 heterocycles. The van der Waals surface area contributed by atoms with Crippen LogP contribution in [0.1, 0.15) is 30.5 Å². The van der Waals surface area contributed by atoms with E-state index in [1.54, 1.807) is 51.5 Å². The van der Waals surface area contributed by atoms with Crippen LogP contribution in [0.2, 0.25) is 0 Å². The zero-order chi connectivity index (χ0) is 24.3. The molecule has 0 radical (unpaired) electrons. The third kappa shape index (κ3) is 5.45. The van der Waals surface area contributed by atoms with E-state index in [1.807, 2.05) is 30.3 Å². The Hall–Kier alpha value is -4.09. The summed E-state index contributed by atoms with van der Waals surface area (Å²) in [6.45, 7) is 3.17. The minimum atomic E-state index is -1.13. The van der Waals surface area contributed by atoms with Crippen LogP contribution in [0.5, 0.6) is 5.75 Å². The molecule has 4 rings (SSSR count). The topological polar surface area (TPSA) is 96.7 Å². The van der Waals surface area contributed by atoms with Crippen molar-refractivity contribution in [1.82, 2.24) is 15.1 Å². The second kappa shape index (κ2) is 9.41. The quantitative estimate of drug-likeness (QED) is 0.588. The first-order valence-corrected chi connectivity index (χ1v) is 10.9. The van der Waals surface area contributed by atoms with Gasteiger partial charge in [-0.25, -0.2) is 4.79 Å². The Balaban J connectivity index is 1.46. The van der Waals surface area contributed by atoms with Crippen molar-refractivity contribution in [3.05, 3.63) is 77.6 Å². The van der Waals surface area contributed by atoms with E-state index in [9.17, 15) is 14.7 Å². The molecule has 1 aliphatic rings. The van der Waals surface area contributed by atoms with Gasteiger partial charge in [-0.15, -0.1) is 0 Å². The van der Waals surface area contributed by atoms with Crippen LogP contribution < -0.4 is 15.0 Å². The summed E-state index contributed by atoms with van der Waals surface area (Å²) in [4.78, 5) is 27.3. The fraction of sp³-hybridized carbons (Fsp3) is 0.269. The van der Waals surface area contributed by atoms with Crippen molar-refractivity contribution in [2.24, 2.45) is 0 Å². The molecule has 174 valence electrons. The molecule has 0 fully saturated rings. The normalized spacial score (nSPS) is 15.5. The monoisotopic (exact) mass is 458 g/mol. The summed E-state index contributed by atoms with van der Waals surface area (Å²) in [5.41, 5.74) is 2.03. The second-order valence-electron chi connectivity index (χ2n) is 8.66. The molecule has 3 aromatic rings. The number of rotatable bonds is 3. The molecule has 0 aliphatic carbocycles. The van der Waals surface area contributed by atoms with Crippen molar-refractivity contribution in [3.8, 4) is 17.6 Å². The lowest BCUT2D eigenvalue weighted by Crippen LogP contribution is -2.50. The van der Waals surface area contributed by atoms with E-state index in [2.05, 4.69) is 22.3 Å². The molecule has 34 heavy (non-hydrogen) atoms. The number of amides is 2. The molecule has 1 atom stereocenters. The Morgan fingerprint density at radius 2 is 2.00 bits per heavy atom. The maximum atomic E-state index is 13.1. The highest BCUT2D eigenvalue weighted by Crippen LogP contribution is 2.31. The lowest BCUT2D eigenvalue weighted by Gasteiger charge is -2.20. The summed E-state index contributed by atoms with van der Waals surface area (Å²) >= 11 is 0. The molecule has 8 nitrogen and oxygen atoms in total. The largest absolute Gasteiger partial charge is 0.489 e. The van der Waals surface area contributed by atoms with E-state index in [-0.39, 0.29) is 12.5 Å². The summed E-state index contributed by atoms with van der Waals surface area (Å²) in [5, 5.41) is 16.7. The Kier molecular flexibility index (Phi) is 6.39. The van der Waals surface area contributed by atoms with Gasteiger partial charge in [-0.05, 0) is 43.2 Å². The number of anilines is 1. The molecule has 2 N–H and O–H groups in total. The zero-order valence-electron chi connectivity index (χ0n) is 19.3. The van der Waals surface area contributed by atoms with Gasteiger partial charge in [-0.1, -0.05) is 42.2 Å². The molecule has 1 unspecified atom stereocenters. The molecule has 0 spiro atoms. The Bertz CT molecular complexity index is 1270. The maximum absolute atomic E-state index is 13.1. The molecular formula is C26H26N4O4. The molecule has 2 amide bonds. The minimum Gasteiger partial charge on any atom is -0.489 e. The highest BCUT2D eigenvalue weighted by atomic mass is 16.5. The predicted octanol–water partition coefficient (Wildman–Crippen LogP) is 2.58. The van der Waals surface area contributed by atoms with Gasteiger partial charge in [0.2, 0.25) is 0 Å². The van der Waals surface area contributed by atoms with Crippen molar-refractivity contribution in [2.45, 2.75) is 31.9 Å². The third-order valence-electron chi connectivity index (χ3n) is 5.26. The molecule has 2 aromatic carbocycles. The standard InChI is InChI=1S/C26H26N4O4/c1-26(2,33)12-11-19-9-10-23-22(14-19)29(3)24(31)21(17-34-23)28-25(32)30-16-20(15-27-30)13-18-7-5-4-6-8-18/h4-10,14-16,21,33H,13,17H2,1-3H3,(H,28,32). The summed E-state index contributed by atoms with van der Waals surface area (Å²) in [5.74, 6) is 5.83. The van der Waals surface area contributed by atoms with Crippen LogP contribution in [0, 0.1) is 11.8 Å². The molecule has 0 bridgehead atoms. The van der Waals surface area contributed by atoms with E-state index < -0.39 is 17.7 Å². The fourth-order valence-corrected chi connectivity index (χ4v) is 3.51. The fourth-order valence-electron chi connectivity index (χ4n) is 3.51. The summed E-state index contributed by atoms with van der Waals surface area (Å²) < 4.78 is 7.01. The Morgan fingerprint density at radius 3 is 2.74 bits per heavy atom. The smallest absolute Gasteiger partial charge is 0.342 e. The average molecular weight is 459 g/mol. The number of aliphatic hydroxyl groups is 1. The van der Waals surface area contributed by atoms with Crippen molar-refractivity contribution in [1.29, 1.82) is 0 Å². The van der Waals surface area contributed by atoms with Crippen molar-refractivity contribution in [2.75, 3.05) is 18.6 Å². The number of benzene rings is 2. The first kappa shape index (κ1) is 23.1. The van der Waals surface area contributed by atoms with E-state index in [0.29, 0.717) is 23.4 Å². The zero-order valence-corrected chi connectivity index (χ0v) is 19.3. The number of fused-ring (bicyclic) bond motifs is 1. The van der Waals surface area contributed by atoms with Crippen molar-refractivity contribution >= 4 is 17.6 Å². The number of likely N-dealkylation sites (N-methyl/N-ethyl adjacent to an activating group) is 1. The van der Waals surface area contributed by atoms with E-state index in [0.717, 1.165) is 11.1 Å². The van der Waals surface area contributed by atoms with Crippen LogP contribution in [0.25, 0.3) is 0 Å². The van der Waals surface area contributed by atoms with E-state index in [1.165, 1.54) is 9.58 Å². The number of ether oxygens (including phenoxy) is 1. The number of aromatic nitrogens is 2. The lowest BCUT2D eigenvalue weighted by atomic mass is 10.1. The number of hydrogen-bond acceptors (Lipinski definition) is 5. The van der Waals surface area contributed by atoms with Crippen LogP contribution in [0.3, 0.4) is 0 Å². The van der Waals surface area contributed by atoms with E-state index >= 15 is 0 Å². The van der Waals surface area contributed by atoms with Crippen molar-refractivity contribution < 1.29 is 19.4 Å². The molecule has 8 heteroatoms. The number of nitrogens with one attached hydrogen (secondary N) is 1. The van der Waals surface area contributed by atoms with Crippen LogP contribution in [0.4, 0.5) is 10.5 Å². The second-order valence-corrected chi connectivity index (χ2v) is 8.66. The first-order valence-electron chi connectivity index (χ1n) is 10.9. The van der Waals surface area contributed by atoms with Crippen molar-refractivity contribution in [3.63, 3.8) is 0 Å². The summed E-state index contributed by atoms with van der Waals surface area (Å²) in [7, 11) is 1.62. The number of carbonyl (C=O) groups is 2. The lowest BCUT2D eigenvalue weighted by molar-refractivity contribution is -0.120. The highest BCUT2D eigenvalue weighted by molar-refractivity contribution is 6.00. The molecule has 0 saturated heterocycles. The maximum Gasteiger partial charge on any atom is 0.342 e. The Morgan fingerprint density at radius 1 is 1.24 bits per heavy atom. The van der Waals surface area contributed by atoms with Gasteiger partial charge in [0.05, 0.1) is 11.9 Å². The minimum absolute atomic E-state index is 0.0191. The van der Waals surface area contributed by atoms with E-state index in [4.69, 9.17) is 4.74 Å². The average Bonchev–Trinajstić information content (AvgIpc) is 3.24. The van der Waals surface area contributed by atoms with Gasteiger partial charge in [-0.2, -0.15) is 9.78 Å². The van der Waals surface area contributed by atoms with Gasteiger partial charge >= 0.3 is 6.03 Å². The third-order valence-corrected chi connectivity index (χ3v) is 5.26. The predicted molar refractivity (Wildman–Crippen MR) is 128 cm³/mol.